The standard InChI is InChI=1S/C16H24O3/c1-12(2)6-5-7-13(3)16(17)10-14(18-4)8-9-15(16)11-19-15/h6-7,10,17H,5,8-9,11H2,1-4H3/t15?,16-/m0/s1. The van der Waals surface area contributed by atoms with Gasteiger partial charge in [0.2, 0.25) is 0 Å². The van der Waals surface area contributed by atoms with Crippen LogP contribution in [-0.2, 0) is 9.47 Å². The molecule has 1 aliphatic heterocycles. The van der Waals surface area contributed by atoms with E-state index in [4.69, 9.17) is 9.47 Å². The minimum atomic E-state index is -1.02. The molecule has 19 heavy (non-hydrogen) atoms. The second-order valence-corrected chi connectivity index (χ2v) is 5.77. The Hall–Kier alpha value is -1.06. The molecule has 1 saturated heterocycles. The van der Waals surface area contributed by atoms with Gasteiger partial charge in [-0.3, -0.25) is 0 Å². The quantitative estimate of drug-likeness (QED) is 0.626. The average molecular weight is 264 g/mol. The predicted molar refractivity (Wildman–Crippen MR) is 75.8 cm³/mol. The van der Waals surface area contributed by atoms with Crippen LogP contribution in [0.15, 0.2) is 35.1 Å². The Labute approximate surface area is 115 Å². The van der Waals surface area contributed by atoms with E-state index in [0.29, 0.717) is 6.61 Å². The molecule has 0 aromatic heterocycles. The molecule has 1 heterocycles. The van der Waals surface area contributed by atoms with Gasteiger partial charge in [0.1, 0.15) is 11.2 Å². The van der Waals surface area contributed by atoms with Gasteiger partial charge in [-0.15, -0.1) is 0 Å². The molecule has 3 heteroatoms. The molecule has 0 bridgehead atoms. The zero-order chi connectivity index (χ0) is 14.1. The zero-order valence-electron chi connectivity index (χ0n) is 12.3. The molecule has 1 spiro atoms. The van der Waals surface area contributed by atoms with Crippen LogP contribution in [0.3, 0.4) is 0 Å². The van der Waals surface area contributed by atoms with Crippen molar-refractivity contribution < 1.29 is 14.6 Å². The van der Waals surface area contributed by atoms with E-state index in [0.717, 1.165) is 30.6 Å². The first-order valence-electron chi connectivity index (χ1n) is 6.86. The minimum Gasteiger partial charge on any atom is -0.501 e. The first-order chi connectivity index (χ1) is 8.93. The van der Waals surface area contributed by atoms with Crippen LogP contribution in [0.2, 0.25) is 0 Å². The van der Waals surface area contributed by atoms with Gasteiger partial charge in [-0.2, -0.15) is 0 Å². The Morgan fingerprint density at radius 3 is 2.63 bits per heavy atom. The molecule has 1 unspecified atom stereocenters. The Balaban J connectivity index is 2.25. The van der Waals surface area contributed by atoms with Crippen molar-refractivity contribution in [2.75, 3.05) is 13.7 Å². The second kappa shape index (κ2) is 5.14. The highest BCUT2D eigenvalue weighted by atomic mass is 16.6. The van der Waals surface area contributed by atoms with Crippen LogP contribution in [0.25, 0.3) is 0 Å². The fourth-order valence-corrected chi connectivity index (χ4v) is 2.67. The summed E-state index contributed by atoms with van der Waals surface area (Å²) in [6, 6.07) is 0. The lowest BCUT2D eigenvalue weighted by Gasteiger charge is -2.36. The van der Waals surface area contributed by atoms with Crippen molar-refractivity contribution in [3.05, 3.63) is 35.1 Å². The van der Waals surface area contributed by atoms with Crippen LogP contribution in [0.1, 0.15) is 40.0 Å². The lowest BCUT2D eigenvalue weighted by molar-refractivity contribution is 0.0153. The monoisotopic (exact) mass is 264 g/mol. The molecule has 0 saturated carbocycles. The van der Waals surface area contributed by atoms with Gasteiger partial charge in [-0.1, -0.05) is 17.7 Å². The van der Waals surface area contributed by atoms with Gasteiger partial charge >= 0.3 is 0 Å². The first kappa shape index (κ1) is 14.4. The van der Waals surface area contributed by atoms with Crippen LogP contribution in [0, 0.1) is 0 Å². The largest absolute Gasteiger partial charge is 0.501 e. The van der Waals surface area contributed by atoms with Crippen LogP contribution in [-0.4, -0.2) is 30.0 Å². The molecule has 2 atom stereocenters. The van der Waals surface area contributed by atoms with Crippen LogP contribution >= 0.6 is 0 Å². The summed E-state index contributed by atoms with van der Waals surface area (Å²) in [4.78, 5) is 0. The van der Waals surface area contributed by atoms with Gasteiger partial charge in [0.25, 0.3) is 0 Å². The maximum atomic E-state index is 11.0. The fourth-order valence-electron chi connectivity index (χ4n) is 2.67. The van der Waals surface area contributed by atoms with Crippen molar-refractivity contribution in [1.82, 2.24) is 0 Å². The van der Waals surface area contributed by atoms with Gasteiger partial charge in [-0.25, -0.2) is 0 Å². The van der Waals surface area contributed by atoms with Crippen molar-refractivity contribution in [3.63, 3.8) is 0 Å². The number of hydrogen-bond acceptors (Lipinski definition) is 3. The van der Waals surface area contributed by atoms with Crippen molar-refractivity contribution >= 4 is 0 Å². The molecule has 0 radical (unpaired) electrons. The Morgan fingerprint density at radius 2 is 2.11 bits per heavy atom. The molecule has 1 N–H and O–H groups in total. The summed E-state index contributed by atoms with van der Waals surface area (Å²) < 4.78 is 10.9. The molecular weight excluding hydrogens is 240 g/mol. The molecular formula is C16H24O3. The summed E-state index contributed by atoms with van der Waals surface area (Å²) in [5.74, 6) is 0.846. The summed E-state index contributed by atoms with van der Waals surface area (Å²) in [6.07, 6.45) is 8.54. The van der Waals surface area contributed by atoms with E-state index in [1.54, 1.807) is 7.11 Å². The maximum Gasteiger partial charge on any atom is 0.138 e. The highest BCUT2D eigenvalue weighted by Crippen LogP contribution is 2.50. The second-order valence-electron chi connectivity index (χ2n) is 5.77. The predicted octanol–water partition coefficient (Wildman–Crippen LogP) is 3.11. The molecule has 1 aliphatic carbocycles. The molecule has 106 valence electrons. The van der Waals surface area contributed by atoms with Gasteiger partial charge in [-0.05, 0) is 45.3 Å². The van der Waals surface area contributed by atoms with E-state index >= 15 is 0 Å². The van der Waals surface area contributed by atoms with E-state index in [-0.39, 0.29) is 0 Å². The molecule has 1 fully saturated rings. The average Bonchev–Trinajstić information content (AvgIpc) is 3.14. The van der Waals surface area contributed by atoms with E-state index in [1.807, 2.05) is 13.0 Å². The van der Waals surface area contributed by atoms with E-state index in [1.165, 1.54) is 5.57 Å². The number of aliphatic hydroxyl groups is 1. The summed E-state index contributed by atoms with van der Waals surface area (Å²) in [5, 5.41) is 11.0. The Kier molecular flexibility index (Phi) is 3.88. The fraction of sp³-hybridized carbons (Fsp3) is 0.625. The van der Waals surface area contributed by atoms with Crippen LogP contribution < -0.4 is 0 Å². The first-order valence-corrected chi connectivity index (χ1v) is 6.86. The van der Waals surface area contributed by atoms with Crippen molar-refractivity contribution in [3.8, 4) is 0 Å². The van der Waals surface area contributed by atoms with Crippen molar-refractivity contribution in [2.45, 2.75) is 51.2 Å². The lowest BCUT2D eigenvalue weighted by atomic mass is 9.74. The van der Waals surface area contributed by atoms with Gasteiger partial charge in [0.05, 0.1) is 19.5 Å². The number of ether oxygens (including phenoxy) is 2. The number of methoxy groups -OCH3 is 1. The number of allylic oxidation sites excluding steroid dienone is 4. The SMILES string of the molecule is COC1=C[C@](O)(C(C)=CCC=C(C)C)C2(CC1)CO2. The summed E-state index contributed by atoms with van der Waals surface area (Å²) in [7, 11) is 1.65. The molecule has 3 nitrogen and oxygen atoms in total. The Morgan fingerprint density at radius 1 is 1.42 bits per heavy atom. The normalized spacial score (nSPS) is 33.9. The third-order valence-corrected chi connectivity index (χ3v) is 4.15. The highest BCUT2D eigenvalue weighted by Gasteiger charge is 2.62. The molecule has 2 rings (SSSR count). The van der Waals surface area contributed by atoms with Crippen molar-refractivity contribution in [1.29, 1.82) is 0 Å². The maximum absolute atomic E-state index is 11.0. The third-order valence-electron chi connectivity index (χ3n) is 4.15. The number of rotatable bonds is 4. The van der Waals surface area contributed by atoms with Crippen LogP contribution in [0.5, 0.6) is 0 Å². The molecule has 0 aromatic rings. The number of epoxide rings is 1. The Bertz CT molecular complexity index is 437. The summed E-state index contributed by atoms with van der Waals surface area (Å²) in [6.45, 7) is 6.75. The number of hydrogen-bond donors (Lipinski definition) is 1. The van der Waals surface area contributed by atoms with Gasteiger partial charge in [0, 0.05) is 6.42 Å². The molecule has 0 amide bonds. The molecule has 2 aliphatic rings. The van der Waals surface area contributed by atoms with E-state index < -0.39 is 11.2 Å². The summed E-state index contributed by atoms with van der Waals surface area (Å²) in [5.41, 5.74) is 0.786. The molecule has 0 aromatic carbocycles. The van der Waals surface area contributed by atoms with Gasteiger partial charge in [0.15, 0.2) is 0 Å². The highest BCUT2D eigenvalue weighted by molar-refractivity contribution is 5.37. The van der Waals surface area contributed by atoms with Crippen molar-refractivity contribution in [2.24, 2.45) is 0 Å². The van der Waals surface area contributed by atoms with E-state index in [2.05, 4.69) is 26.0 Å². The zero-order valence-corrected chi connectivity index (χ0v) is 12.3. The lowest BCUT2D eigenvalue weighted by Crippen LogP contribution is -2.47. The smallest absolute Gasteiger partial charge is 0.138 e. The third kappa shape index (κ3) is 2.63. The van der Waals surface area contributed by atoms with E-state index in [9.17, 15) is 5.11 Å². The summed E-state index contributed by atoms with van der Waals surface area (Å²) >= 11 is 0. The van der Waals surface area contributed by atoms with Crippen LogP contribution in [0.4, 0.5) is 0 Å². The topological polar surface area (TPSA) is 42.0 Å². The van der Waals surface area contributed by atoms with Gasteiger partial charge < -0.3 is 14.6 Å². The minimum absolute atomic E-state index is 0.416.